The van der Waals surface area contributed by atoms with Gasteiger partial charge in [0.2, 0.25) is 0 Å². The number of aliphatic hydroxyl groups excluding tert-OH is 1. The molecule has 1 aromatic rings. The zero-order valence-electron chi connectivity index (χ0n) is 9.99. The van der Waals surface area contributed by atoms with Gasteiger partial charge in [-0.05, 0) is 18.1 Å². The van der Waals surface area contributed by atoms with E-state index in [1.54, 1.807) is 11.3 Å². The van der Waals surface area contributed by atoms with Crippen LogP contribution in [0.25, 0.3) is 0 Å². The average molecular weight is 254 g/mol. The Labute approximate surface area is 106 Å². The highest BCUT2D eigenvalue weighted by molar-refractivity contribution is 7.99. The Morgan fingerprint density at radius 2 is 2.12 bits per heavy atom. The van der Waals surface area contributed by atoms with Crippen molar-refractivity contribution in [3.05, 3.63) is 21.9 Å². The van der Waals surface area contributed by atoms with Gasteiger partial charge in [-0.25, -0.2) is 0 Å². The first kappa shape index (κ1) is 13.6. The van der Waals surface area contributed by atoms with Crippen LogP contribution in [-0.2, 0) is 5.75 Å². The summed E-state index contributed by atoms with van der Waals surface area (Å²) in [7, 11) is 0. The maximum atomic E-state index is 8.60. The summed E-state index contributed by atoms with van der Waals surface area (Å²) in [5.41, 5.74) is 0. The van der Waals surface area contributed by atoms with Crippen LogP contribution in [0.4, 0.5) is 0 Å². The van der Waals surface area contributed by atoms with E-state index in [1.807, 2.05) is 17.8 Å². The highest BCUT2D eigenvalue weighted by Crippen LogP contribution is 2.26. The van der Waals surface area contributed by atoms with Gasteiger partial charge >= 0.3 is 0 Å². The van der Waals surface area contributed by atoms with Gasteiger partial charge < -0.3 is 5.11 Å². The van der Waals surface area contributed by atoms with Crippen LogP contribution in [-0.4, -0.2) is 17.0 Å². The minimum atomic E-state index is -0.0631. The maximum Gasteiger partial charge on any atom is 0.104 e. The zero-order chi connectivity index (χ0) is 12.0. The molecule has 1 rings (SSSR count). The molecule has 0 aromatic carbocycles. The molecule has 1 atom stereocenters. The number of aliphatic hydroxyl groups is 1. The van der Waals surface area contributed by atoms with E-state index < -0.39 is 0 Å². The van der Waals surface area contributed by atoms with Crippen molar-refractivity contribution in [2.75, 3.05) is 6.61 Å². The van der Waals surface area contributed by atoms with Crippen LogP contribution in [0.2, 0.25) is 0 Å². The van der Waals surface area contributed by atoms with Crippen LogP contribution in [0, 0.1) is 17.8 Å². The van der Waals surface area contributed by atoms with E-state index in [9.17, 15) is 0 Å². The number of hydrogen-bond donors (Lipinski definition) is 1. The molecule has 0 aliphatic rings. The van der Waals surface area contributed by atoms with E-state index in [0.717, 1.165) is 16.5 Å². The molecule has 0 amide bonds. The molecule has 0 spiro atoms. The van der Waals surface area contributed by atoms with Crippen LogP contribution in [0.1, 0.15) is 30.5 Å². The molecule has 0 saturated carbocycles. The minimum Gasteiger partial charge on any atom is -0.384 e. The number of thioether (sulfide) groups is 1. The molecule has 16 heavy (non-hydrogen) atoms. The molecule has 1 aromatic heterocycles. The van der Waals surface area contributed by atoms with Gasteiger partial charge in [0.1, 0.15) is 6.61 Å². The lowest BCUT2D eigenvalue weighted by molar-refractivity contribution is 0.350. The lowest BCUT2D eigenvalue weighted by Crippen LogP contribution is -2.05. The summed E-state index contributed by atoms with van der Waals surface area (Å²) in [6, 6.07) is 4.16. The van der Waals surface area contributed by atoms with E-state index in [-0.39, 0.29) is 6.61 Å². The smallest absolute Gasteiger partial charge is 0.104 e. The monoisotopic (exact) mass is 254 g/mol. The van der Waals surface area contributed by atoms with Crippen molar-refractivity contribution in [3.63, 3.8) is 0 Å². The van der Waals surface area contributed by atoms with E-state index in [1.165, 1.54) is 4.88 Å². The van der Waals surface area contributed by atoms with Crippen molar-refractivity contribution in [1.29, 1.82) is 0 Å². The fourth-order valence-corrected chi connectivity index (χ4v) is 3.08. The van der Waals surface area contributed by atoms with E-state index in [2.05, 4.69) is 38.7 Å². The van der Waals surface area contributed by atoms with Crippen LogP contribution in [0.5, 0.6) is 0 Å². The topological polar surface area (TPSA) is 20.2 Å². The third-order valence-corrected chi connectivity index (χ3v) is 5.11. The normalized spacial score (nSPS) is 12.3. The minimum absolute atomic E-state index is 0.0631. The lowest BCUT2D eigenvalue weighted by atomic mass is 10.2. The molecule has 0 fully saturated rings. The zero-order valence-corrected chi connectivity index (χ0v) is 11.6. The van der Waals surface area contributed by atoms with Crippen molar-refractivity contribution in [1.82, 2.24) is 0 Å². The molecule has 3 heteroatoms. The Kier molecular flexibility index (Phi) is 5.97. The van der Waals surface area contributed by atoms with Crippen LogP contribution in [0.15, 0.2) is 12.1 Å². The molecule has 1 unspecified atom stereocenters. The highest BCUT2D eigenvalue weighted by Gasteiger charge is 2.08. The average Bonchev–Trinajstić information content (AvgIpc) is 2.70. The Hall–Kier alpha value is -0.430. The van der Waals surface area contributed by atoms with Gasteiger partial charge in [0.25, 0.3) is 0 Å². The summed E-state index contributed by atoms with van der Waals surface area (Å²) >= 11 is 3.71. The van der Waals surface area contributed by atoms with Crippen molar-refractivity contribution >= 4 is 23.1 Å². The van der Waals surface area contributed by atoms with Gasteiger partial charge in [-0.15, -0.1) is 11.3 Å². The number of hydrogen-bond acceptors (Lipinski definition) is 3. The van der Waals surface area contributed by atoms with Crippen molar-refractivity contribution in [2.45, 2.75) is 31.8 Å². The van der Waals surface area contributed by atoms with Gasteiger partial charge in [0.05, 0.1) is 4.88 Å². The summed E-state index contributed by atoms with van der Waals surface area (Å²) < 4.78 is 0. The predicted octanol–water partition coefficient (Wildman–Crippen LogP) is 3.37. The summed E-state index contributed by atoms with van der Waals surface area (Å²) in [5.74, 6) is 7.39. The molecule has 1 heterocycles. The molecule has 1 N–H and O–H groups in total. The fraction of sp³-hybridized carbons (Fsp3) is 0.538. The second-order valence-electron chi connectivity index (χ2n) is 3.99. The largest absolute Gasteiger partial charge is 0.384 e. The van der Waals surface area contributed by atoms with Crippen LogP contribution in [0.3, 0.4) is 0 Å². The lowest BCUT2D eigenvalue weighted by Gasteiger charge is -2.13. The molecular weight excluding hydrogens is 236 g/mol. The van der Waals surface area contributed by atoms with Crippen molar-refractivity contribution < 1.29 is 5.11 Å². The molecule has 88 valence electrons. The first-order chi connectivity index (χ1) is 7.63. The van der Waals surface area contributed by atoms with E-state index in [4.69, 9.17) is 5.11 Å². The second kappa shape index (κ2) is 7.01. The number of rotatable bonds is 4. The van der Waals surface area contributed by atoms with Crippen molar-refractivity contribution in [2.24, 2.45) is 5.92 Å². The standard InChI is InChI=1S/C13H18OS2/c1-10(2)11(3)15-9-13-7-6-12(16-13)5-4-8-14/h6-7,10-11,14H,8-9H2,1-3H3. The SMILES string of the molecule is CC(C)C(C)SCc1ccc(C#CCO)s1. The fourth-order valence-electron chi connectivity index (χ4n) is 1.06. The third-order valence-electron chi connectivity index (χ3n) is 2.38. The molecule has 1 nitrogen and oxygen atoms in total. The van der Waals surface area contributed by atoms with E-state index in [0.29, 0.717) is 5.25 Å². The Morgan fingerprint density at radius 1 is 1.38 bits per heavy atom. The van der Waals surface area contributed by atoms with E-state index >= 15 is 0 Å². The van der Waals surface area contributed by atoms with Gasteiger partial charge in [0.15, 0.2) is 0 Å². The quantitative estimate of drug-likeness (QED) is 0.831. The summed E-state index contributed by atoms with van der Waals surface area (Å²) in [5, 5.41) is 9.29. The first-order valence-corrected chi connectivity index (χ1v) is 7.30. The summed E-state index contributed by atoms with van der Waals surface area (Å²) in [6.45, 7) is 6.72. The summed E-state index contributed by atoms with van der Waals surface area (Å²) in [4.78, 5) is 2.40. The predicted molar refractivity (Wildman–Crippen MR) is 73.9 cm³/mol. The van der Waals surface area contributed by atoms with Gasteiger partial charge in [-0.3, -0.25) is 0 Å². The second-order valence-corrected chi connectivity index (χ2v) is 6.52. The molecule has 0 aliphatic carbocycles. The molecule has 0 saturated heterocycles. The van der Waals surface area contributed by atoms with Gasteiger partial charge in [0, 0.05) is 15.9 Å². The van der Waals surface area contributed by atoms with Crippen LogP contribution < -0.4 is 0 Å². The molecular formula is C13H18OS2. The first-order valence-electron chi connectivity index (χ1n) is 5.43. The summed E-state index contributed by atoms with van der Waals surface area (Å²) in [6.07, 6.45) is 0. The maximum absolute atomic E-state index is 8.60. The molecule has 0 radical (unpaired) electrons. The van der Waals surface area contributed by atoms with Crippen LogP contribution >= 0.6 is 23.1 Å². The van der Waals surface area contributed by atoms with Gasteiger partial charge in [-0.2, -0.15) is 11.8 Å². The van der Waals surface area contributed by atoms with Crippen molar-refractivity contribution in [3.8, 4) is 11.8 Å². The molecule has 0 bridgehead atoms. The third kappa shape index (κ3) is 4.61. The highest BCUT2D eigenvalue weighted by atomic mass is 32.2. The Morgan fingerprint density at radius 3 is 2.75 bits per heavy atom. The Bertz CT molecular complexity index is 371. The number of thiophene rings is 1. The Balaban J connectivity index is 2.46. The van der Waals surface area contributed by atoms with Gasteiger partial charge in [-0.1, -0.05) is 32.6 Å². The molecule has 0 aliphatic heterocycles.